The molecule has 1 aliphatic heterocycles. The summed E-state index contributed by atoms with van der Waals surface area (Å²) in [7, 11) is -3.52. The van der Waals surface area contributed by atoms with Crippen LogP contribution in [-0.2, 0) is 21.2 Å². The molecule has 2 atom stereocenters. The highest BCUT2D eigenvalue weighted by atomic mass is 32.2. The number of rotatable bonds is 5. The third kappa shape index (κ3) is 3.42. The van der Waals surface area contributed by atoms with Crippen molar-refractivity contribution in [3.63, 3.8) is 0 Å². The summed E-state index contributed by atoms with van der Waals surface area (Å²) in [6, 6.07) is 18.3. The van der Waals surface area contributed by atoms with Gasteiger partial charge in [-0.2, -0.15) is 0 Å². The van der Waals surface area contributed by atoms with Gasteiger partial charge in [0.15, 0.2) is 9.84 Å². The van der Waals surface area contributed by atoms with Crippen LogP contribution in [0.2, 0.25) is 0 Å². The van der Waals surface area contributed by atoms with Crippen LogP contribution in [0.15, 0.2) is 65.6 Å². The number of carbonyl (C=O) groups excluding carboxylic acids is 1. The van der Waals surface area contributed by atoms with Gasteiger partial charge in [0, 0.05) is 25.6 Å². The second-order valence-corrected chi connectivity index (χ2v) is 8.46. The zero-order valence-corrected chi connectivity index (χ0v) is 14.4. The summed E-state index contributed by atoms with van der Waals surface area (Å²) in [6.07, 6.45) is 0. The molecule has 1 fully saturated rings. The molecule has 0 radical (unpaired) electrons. The van der Waals surface area contributed by atoms with E-state index in [4.69, 9.17) is 0 Å². The second kappa shape index (κ2) is 6.87. The van der Waals surface area contributed by atoms with Crippen LogP contribution in [0, 0.1) is 5.92 Å². The first-order valence-electron chi connectivity index (χ1n) is 8.04. The summed E-state index contributed by atoms with van der Waals surface area (Å²) in [5, 5.41) is -0.680. The third-order valence-electron chi connectivity index (χ3n) is 4.58. The molecule has 1 aliphatic rings. The smallest absolute Gasteiger partial charge is 0.183 e. The molecule has 0 aliphatic carbocycles. The van der Waals surface area contributed by atoms with Gasteiger partial charge in [-0.05, 0) is 24.6 Å². The van der Waals surface area contributed by atoms with Crippen molar-refractivity contribution in [3.05, 3.63) is 66.2 Å². The average Bonchev–Trinajstić information content (AvgIpc) is 3.01. The largest absolute Gasteiger partial charge is 0.300 e. The Hall–Kier alpha value is -1.98. The van der Waals surface area contributed by atoms with Gasteiger partial charge in [0.2, 0.25) is 0 Å². The molecule has 126 valence electrons. The maximum Gasteiger partial charge on any atom is 0.183 e. The standard InChI is InChI=1S/C19H21NO3S/c1-15(21)18-13-20(12-16-8-4-2-5-9-16)14-19(18)24(22,23)17-10-6-3-7-11-17/h2-11,18-19H,12-14H2,1H3/t18-,19+/m0/s1. The first-order valence-corrected chi connectivity index (χ1v) is 9.59. The van der Waals surface area contributed by atoms with Gasteiger partial charge in [-0.1, -0.05) is 48.5 Å². The van der Waals surface area contributed by atoms with Gasteiger partial charge in [-0.25, -0.2) is 8.42 Å². The number of hydrogen-bond donors (Lipinski definition) is 0. The van der Waals surface area contributed by atoms with Crippen LogP contribution >= 0.6 is 0 Å². The maximum atomic E-state index is 13.0. The van der Waals surface area contributed by atoms with Crippen molar-refractivity contribution in [3.8, 4) is 0 Å². The van der Waals surface area contributed by atoms with E-state index in [1.165, 1.54) is 6.92 Å². The minimum Gasteiger partial charge on any atom is -0.300 e. The lowest BCUT2D eigenvalue weighted by atomic mass is 10.0. The van der Waals surface area contributed by atoms with Gasteiger partial charge in [-0.3, -0.25) is 9.69 Å². The summed E-state index contributed by atoms with van der Waals surface area (Å²) in [4.78, 5) is 14.4. The van der Waals surface area contributed by atoms with Crippen LogP contribution in [0.4, 0.5) is 0 Å². The van der Waals surface area contributed by atoms with E-state index in [9.17, 15) is 13.2 Å². The number of ketones is 1. The van der Waals surface area contributed by atoms with Crippen molar-refractivity contribution in [2.75, 3.05) is 13.1 Å². The monoisotopic (exact) mass is 343 g/mol. The molecule has 2 aromatic rings. The molecule has 0 amide bonds. The fraction of sp³-hybridized carbons (Fsp3) is 0.316. The summed E-state index contributed by atoms with van der Waals surface area (Å²) >= 11 is 0. The van der Waals surface area contributed by atoms with Gasteiger partial charge in [0.05, 0.1) is 10.1 Å². The number of benzene rings is 2. The van der Waals surface area contributed by atoms with Crippen molar-refractivity contribution < 1.29 is 13.2 Å². The van der Waals surface area contributed by atoms with Crippen molar-refractivity contribution >= 4 is 15.6 Å². The normalized spacial score (nSPS) is 21.7. The first-order chi connectivity index (χ1) is 11.5. The number of likely N-dealkylation sites (tertiary alicyclic amines) is 1. The van der Waals surface area contributed by atoms with E-state index in [0.29, 0.717) is 24.5 Å². The van der Waals surface area contributed by atoms with Crippen LogP contribution in [-0.4, -0.2) is 37.4 Å². The van der Waals surface area contributed by atoms with Crippen molar-refractivity contribution in [2.24, 2.45) is 5.92 Å². The van der Waals surface area contributed by atoms with E-state index in [1.807, 2.05) is 30.3 Å². The fourth-order valence-electron chi connectivity index (χ4n) is 3.31. The van der Waals surface area contributed by atoms with E-state index >= 15 is 0 Å². The lowest BCUT2D eigenvalue weighted by Gasteiger charge is -2.17. The van der Waals surface area contributed by atoms with E-state index in [1.54, 1.807) is 30.3 Å². The summed E-state index contributed by atoms with van der Waals surface area (Å²) < 4.78 is 25.9. The molecule has 0 bridgehead atoms. The molecule has 1 heterocycles. The highest BCUT2D eigenvalue weighted by molar-refractivity contribution is 7.92. The molecule has 4 nitrogen and oxygen atoms in total. The average molecular weight is 343 g/mol. The second-order valence-electron chi connectivity index (χ2n) is 6.29. The lowest BCUT2D eigenvalue weighted by Crippen LogP contribution is -2.33. The zero-order chi connectivity index (χ0) is 17.2. The Morgan fingerprint density at radius 3 is 2.17 bits per heavy atom. The number of sulfone groups is 1. The Labute approximate surface area is 143 Å². The molecule has 0 N–H and O–H groups in total. The topological polar surface area (TPSA) is 54.5 Å². The molecule has 0 saturated carbocycles. The Bertz CT molecular complexity index is 803. The van der Waals surface area contributed by atoms with Gasteiger partial charge < -0.3 is 0 Å². The maximum absolute atomic E-state index is 13.0. The minimum absolute atomic E-state index is 0.0601. The summed E-state index contributed by atoms with van der Waals surface area (Å²) in [5.74, 6) is -0.533. The Balaban J connectivity index is 1.85. The van der Waals surface area contributed by atoms with Crippen molar-refractivity contribution in [1.82, 2.24) is 4.90 Å². The van der Waals surface area contributed by atoms with Crippen LogP contribution < -0.4 is 0 Å². The third-order valence-corrected chi connectivity index (χ3v) is 6.79. The predicted octanol–water partition coefficient (Wildman–Crippen LogP) is 2.55. The number of Topliss-reactive ketones (excluding diaryl/α,β-unsaturated/α-hetero) is 1. The molecular weight excluding hydrogens is 322 g/mol. The van der Waals surface area contributed by atoms with E-state index in [2.05, 4.69) is 4.90 Å². The van der Waals surface area contributed by atoms with E-state index < -0.39 is 21.0 Å². The summed E-state index contributed by atoms with van der Waals surface area (Å²) in [5.41, 5.74) is 1.12. The molecule has 24 heavy (non-hydrogen) atoms. The summed E-state index contributed by atoms with van der Waals surface area (Å²) in [6.45, 7) is 3.02. The highest BCUT2D eigenvalue weighted by Crippen LogP contribution is 2.30. The number of nitrogens with zero attached hydrogens (tertiary/aromatic N) is 1. The van der Waals surface area contributed by atoms with E-state index in [0.717, 1.165) is 5.56 Å². The Morgan fingerprint density at radius 2 is 1.58 bits per heavy atom. The van der Waals surface area contributed by atoms with E-state index in [-0.39, 0.29) is 5.78 Å². The van der Waals surface area contributed by atoms with Crippen LogP contribution in [0.25, 0.3) is 0 Å². The SMILES string of the molecule is CC(=O)[C@@H]1CN(Cc2ccccc2)C[C@H]1S(=O)(=O)c1ccccc1. The first kappa shape index (κ1) is 16.9. The van der Waals surface area contributed by atoms with Crippen molar-refractivity contribution in [2.45, 2.75) is 23.6 Å². The predicted molar refractivity (Wildman–Crippen MR) is 93.3 cm³/mol. The highest BCUT2D eigenvalue weighted by Gasteiger charge is 2.44. The molecule has 1 saturated heterocycles. The number of carbonyl (C=O) groups is 1. The molecule has 2 aromatic carbocycles. The molecule has 0 unspecified atom stereocenters. The Kier molecular flexibility index (Phi) is 4.83. The van der Waals surface area contributed by atoms with Gasteiger partial charge in [0.1, 0.15) is 5.78 Å². The van der Waals surface area contributed by atoms with Crippen LogP contribution in [0.3, 0.4) is 0 Å². The van der Waals surface area contributed by atoms with Gasteiger partial charge >= 0.3 is 0 Å². The molecule has 0 spiro atoms. The zero-order valence-electron chi connectivity index (χ0n) is 13.6. The number of hydrogen-bond acceptors (Lipinski definition) is 4. The lowest BCUT2D eigenvalue weighted by molar-refractivity contribution is -0.120. The Morgan fingerprint density at radius 1 is 1.00 bits per heavy atom. The molecule has 5 heteroatoms. The fourth-order valence-corrected chi connectivity index (χ4v) is 5.32. The minimum atomic E-state index is -3.52. The van der Waals surface area contributed by atoms with Crippen molar-refractivity contribution in [1.29, 1.82) is 0 Å². The van der Waals surface area contributed by atoms with Crippen LogP contribution in [0.5, 0.6) is 0 Å². The molecule has 0 aromatic heterocycles. The molecule has 3 rings (SSSR count). The molecular formula is C19H21NO3S. The van der Waals surface area contributed by atoms with Gasteiger partial charge in [0.25, 0.3) is 0 Å². The quantitative estimate of drug-likeness (QED) is 0.837. The van der Waals surface area contributed by atoms with Crippen LogP contribution in [0.1, 0.15) is 12.5 Å². The van der Waals surface area contributed by atoms with Gasteiger partial charge in [-0.15, -0.1) is 0 Å².